The van der Waals surface area contributed by atoms with E-state index >= 15 is 0 Å². The molecule has 0 spiro atoms. The topological polar surface area (TPSA) is 52.8 Å². The lowest BCUT2D eigenvalue weighted by atomic mass is 10.1. The zero-order valence-corrected chi connectivity index (χ0v) is 14.3. The number of hydrogen-bond donors (Lipinski definition) is 0. The van der Waals surface area contributed by atoms with Crippen LogP contribution in [0.25, 0.3) is 10.2 Å². The molecule has 2 heterocycles. The number of thiazole rings is 1. The van der Waals surface area contributed by atoms with Gasteiger partial charge in [-0.25, -0.2) is 0 Å². The number of aromatic nitrogens is 1. The Morgan fingerprint density at radius 1 is 1.28 bits per heavy atom. The van der Waals surface area contributed by atoms with Crippen LogP contribution < -0.4 is 14.3 Å². The fourth-order valence-electron chi connectivity index (χ4n) is 2.64. The molecule has 4 rings (SSSR count). The summed E-state index contributed by atoms with van der Waals surface area (Å²) in [6, 6.07) is 11.1. The van der Waals surface area contributed by atoms with Gasteiger partial charge in [0.1, 0.15) is 0 Å². The monoisotopic (exact) mass is 350 g/mol. The molecule has 2 aromatic carbocycles. The third-order valence-electron chi connectivity index (χ3n) is 3.92. The summed E-state index contributed by atoms with van der Waals surface area (Å²) in [5, 5.41) is 0. The van der Waals surface area contributed by atoms with Crippen molar-refractivity contribution in [3.8, 4) is 23.8 Å². The van der Waals surface area contributed by atoms with Crippen LogP contribution in [-0.4, -0.2) is 17.3 Å². The average Bonchev–Trinajstić information content (AvgIpc) is 3.18. The van der Waals surface area contributed by atoms with Gasteiger partial charge in [-0.1, -0.05) is 35.0 Å². The molecule has 3 aromatic rings. The molecule has 0 saturated heterocycles. The van der Waals surface area contributed by atoms with Crippen molar-refractivity contribution in [2.24, 2.45) is 4.99 Å². The number of ether oxygens (including phenoxy) is 2. The number of fused-ring (bicyclic) bond motifs is 2. The van der Waals surface area contributed by atoms with E-state index in [4.69, 9.17) is 15.9 Å². The molecule has 0 atom stereocenters. The van der Waals surface area contributed by atoms with Gasteiger partial charge in [-0.2, -0.15) is 4.99 Å². The van der Waals surface area contributed by atoms with Crippen LogP contribution in [0.3, 0.4) is 0 Å². The molecule has 0 saturated carbocycles. The third-order valence-corrected chi connectivity index (χ3v) is 4.96. The predicted octanol–water partition coefficient (Wildman–Crippen LogP) is 3.11. The molecule has 0 aliphatic carbocycles. The van der Waals surface area contributed by atoms with E-state index in [9.17, 15) is 4.79 Å². The summed E-state index contributed by atoms with van der Waals surface area (Å²) in [6.45, 7) is 2.51. The normalized spacial score (nSPS) is 13.2. The predicted molar refractivity (Wildman–Crippen MR) is 95.8 cm³/mol. The van der Waals surface area contributed by atoms with Gasteiger partial charge in [-0.3, -0.25) is 4.79 Å². The Kier molecular flexibility index (Phi) is 3.79. The number of hydrogen-bond acceptors (Lipinski definition) is 4. The Morgan fingerprint density at radius 2 is 2.00 bits per heavy atom. The molecule has 6 heteroatoms. The highest BCUT2D eigenvalue weighted by atomic mass is 32.1. The summed E-state index contributed by atoms with van der Waals surface area (Å²) < 4.78 is 13.6. The van der Waals surface area contributed by atoms with E-state index in [1.54, 1.807) is 12.1 Å². The van der Waals surface area contributed by atoms with Gasteiger partial charge in [-0.05, 0) is 19.1 Å². The van der Waals surface area contributed by atoms with E-state index in [0.29, 0.717) is 28.4 Å². The number of terminal acetylenes is 1. The van der Waals surface area contributed by atoms with E-state index in [1.165, 1.54) is 11.3 Å². The summed E-state index contributed by atoms with van der Waals surface area (Å²) in [7, 11) is 0. The second kappa shape index (κ2) is 6.11. The minimum atomic E-state index is -0.294. The second-order valence-corrected chi connectivity index (χ2v) is 6.64. The highest BCUT2D eigenvalue weighted by Crippen LogP contribution is 2.36. The fraction of sp³-hybridized carbons (Fsp3) is 0.158. The van der Waals surface area contributed by atoms with Gasteiger partial charge in [-0.15, -0.1) is 6.42 Å². The number of carbonyl (C=O) groups excluding carboxylic acids is 1. The third kappa shape index (κ3) is 2.79. The van der Waals surface area contributed by atoms with Crippen molar-refractivity contribution in [3.63, 3.8) is 0 Å². The van der Waals surface area contributed by atoms with Crippen molar-refractivity contribution in [2.75, 3.05) is 6.79 Å². The number of nitrogens with zero attached hydrogens (tertiary/aromatic N) is 2. The summed E-state index contributed by atoms with van der Waals surface area (Å²) in [6.07, 6.45) is 5.50. The summed E-state index contributed by atoms with van der Waals surface area (Å²) in [4.78, 5) is 17.3. The Hall–Kier alpha value is -3.04. The van der Waals surface area contributed by atoms with E-state index in [2.05, 4.69) is 10.9 Å². The fourth-order valence-corrected chi connectivity index (χ4v) is 3.67. The quantitative estimate of drug-likeness (QED) is 0.667. The maximum absolute atomic E-state index is 12.5. The van der Waals surface area contributed by atoms with E-state index in [-0.39, 0.29) is 12.7 Å². The molecule has 1 aromatic heterocycles. The van der Waals surface area contributed by atoms with Crippen LogP contribution in [-0.2, 0) is 6.54 Å². The van der Waals surface area contributed by atoms with Crippen molar-refractivity contribution in [3.05, 3.63) is 52.3 Å². The Morgan fingerprint density at radius 3 is 2.72 bits per heavy atom. The van der Waals surface area contributed by atoms with Crippen LogP contribution in [0, 0.1) is 19.3 Å². The van der Waals surface area contributed by atoms with Crippen molar-refractivity contribution < 1.29 is 14.3 Å². The number of rotatable bonds is 2. The number of carbonyl (C=O) groups is 1. The summed E-state index contributed by atoms with van der Waals surface area (Å²) in [5.74, 6) is 3.69. The first-order chi connectivity index (χ1) is 12.2. The van der Waals surface area contributed by atoms with E-state index in [1.807, 2.05) is 35.8 Å². The van der Waals surface area contributed by atoms with Gasteiger partial charge < -0.3 is 14.0 Å². The maximum Gasteiger partial charge on any atom is 0.279 e. The number of amides is 1. The highest BCUT2D eigenvalue weighted by molar-refractivity contribution is 7.16. The van der Waals surface area contributed by atoms with Crippen LogP contribution in [0.1, 0.15) is 15.9 Å². The largest absolute Gasteiger partial charge is 0.454 e. The van der Waals surface area contributed by atoms with Gasteiger partial charge in [0, 0.05) is 17.7 Å². The minimum Gasteiger partial charge on any atom is -0.454 e. The molecule has 1 aliphatic rings. The van der Waals surface area contributed by atoms with Gasteiger partial charge in [0.15, 0.2) is 16.3 Å². The molecule has 0 fully saturated rings. The van der Waals surface area contributed by atoms with E-state index in [0.717, 1.165) is 15.8 Å². The molecule has 0 N–H and O–H groups in total. The highest BCUT2D eigenvalue weighted by Gasteiger charge is 2.17. The molecule has 0 radical (unpaired) electrons. The second-order valence-electron chi connectivity index (χ2n) is 5.63. The van der Waals surface area contributed by atoms with Gasteiger partial charge in [0.05, 0.1) is 16.8 Å². The zero-order chi connectivity index (χ0) is 17.4. The SMILES string of the molecule is C#CCn1c(=NC(=O)c2ccc(C)cc2)sc2cc3c(cc21)OCO3. The Labute approximate surface area is 148 Å². The lowest BCUT2D eigenvalue weighted by Gasteiger charge is -2.01. The molecule has 0 bridgehead atoms. The molecule has 1 aliphatic heterocycles. The van der Waals surface area contributed by atoms with Crippen LogP contribution in [0.2, 0.25) is 0 Å². The molecular formula is C19H14N2O3S. The smallest absolute Gasteiger partial charge is 0.279 e. The standard InChI is InChI=1S/C19H14N2O3S/c1-3-8-21-14-9-15-16(24-11-23-15)10-17(14)25-19(21)20-18(22)13-6-4-12(2)5-7-13/h1,4-7,9-10H,8,11H2,2H3. The molecule has 25 heavy (non-hydrogen) atoms. The van der Waals surface area contributed by atoms with Gasteiger partial charge in [0.25, 0.3) is 5.91 Å². The Balaban J connectivity index is 1.85. The average molecular weight is 350 g/mol. The van der Waals surface area contributed by atoms with Crippen LogP contribution >= 0.6 is 11.3 Å². The van der Waals surface area contributed by atoms with Crippen molar-refractivity contribution in [2.45, 2.75) is 13.5 Å². The maximum atomic E-state index is 12.5. The van der Waals surface area contributed by atoms with Crippen molar-refractivity contribution >= 4 is 27.5 Å². The van der Waals surface area contributed by atoms with Crippen LogP contribution in [0.5, 0.6) is 11.5 Å². The summed E-state index contributed by atoms with van der Waals surface area (Å²) >= 11 is 1.40. The van der Waals surface area contributed by atoms with Crippen LogP contribution in [0.4, 0.5) is 0 Å². The molecule has 124 valence electrons. The lowest BCUT2D eigenvalue weighted by Crippen LogP contribution is -2.16. The number of aryl methyl sites for hydroxylation is 1. The van der Waals surface area contributed by atoms with Crippen LogP contribution in [0.15, 0.2) is 41.4 Å². The number of benzene rings is 2. The zero-order valence-electron chi connectivity index (χ0n) is 13.5. The molecule has 1 amide bonds. The van der Waals surface area contributed by atoms with Crippen molar-refractivity contribution in [1.82, 2.24) is 4.57 Å². The molecular weight excluding hydrogens is 336 g/mol. The van der Waals surface area contributed by atoms with Gasteiger partial charge in [0.2, 0.25) is 6.79 Å². The van der Waals surface area contributed by atoms with Crippen molar-refractivity contribution in [1.29, 1.82) is 0 Å². The minimum absolute atomic E-state index is 0.213. The summed E-state index contributed by atoms with van der Waals surface area (Å²) in [5.41, 5.74) is 2.52. The van der Waals surface area contributed by atoms with Gasteiger partial charge >= 0.3 is 0 Å². The van der Waals surface area contributed by atoms with E-state index < -0.39 is 0 Å². The Bertz CT molecular complexity index is 1080. The lowest BCUT2D eigenvalue weighted by molar-refractivity contribution is 0.0998. The first kappa shape index (κ1) is 15.5. The first-order valence-corrected chi connectivity index (χ1v) is 8.49. The first-order valence-electron chi connectivity index (χ1n) is 7.68. The molecule has 5 nitrogen and oxygen atoms in total. The molecule has 0 unspecified atom stereocenters.